The summed E-state index contributed by atoms with van der Waals surface area (Å²) in [6, 6.07) is 8.26. The van der Waals surface area contributed by atoms with Crippen LogP contribution in [-0.4, -0.2) is 56.2 Å². The number of anilines is 2. The Kier molecular flexibility index (Phi) is 8.06. The van der Waals surface area contributed by atoms with Gasteiger partial charge in [-0.1, -0.05) is 23.7 Å². The highest BCUT2D eigenvalue weighted by molar-refractivity contribution is 7.92. The third-order valence-electron chi connectivity index (χ3n) is 6.57. The van der Waals surface area contributed by atoms with Gasteiger partial charge in [0.25, 0.3) is 5.91 Å². The van der Waals surface area contributed by atoms with Crippen molar-refractivity contribution in [1.29, 1.82) is 0 Å². The Balaban J connectivity index is 1.32. The van der Waals surface area contributed by atoms with E-state index in [0.717, 1.165) is 53.7 Å². The van der Waals surface area contributed by atoms with Gasteiger partial charge in [-0.15, -0.1) is 11.3 Å². The van der Waals surface area contributed by atoms with Crippen molar-refractivity contribution < 1.29 is 13.2 Å². The molecule has 36 heavy (non-hydrogen) atoms. The van der Waals surface area contributed by atoms with E-state index in [1.54, 1.807) is 13.8 Å². The van der Waals surface area contributed by atoms with E-state index >= 15 is 0 Å². The number of fused-ring (bicyclic) bond motifs is 1. The minimum absolute atomic E-state index is 0.0200. The molecule has 0 saturated heterocycles. The molecule has 11 heteroatoms. The number of sulfone groups is 1. The Morgan fingerprint density at radius 2 is 1.86 bits per heavy atom. The molecule has 0 atom stereocenters. The van der Waals surface area contributed by atoms with Crippen LogP contribution in [-0.2, 0) is 9.84 Å². The van der Waals surface area contributed by atoms with Crippen LogP contribution in [0.1, 0.15) is 49.2 Å². The molecule has 1 aliphatic rings. The van der Waals surface area contributed by atoms with E-state index < -0.39 is 15.1 Å². The lowest BCUT2D eigenvalue weighted by atomic mass is 9.86. The van der Waals surface area contributed by atoms with Crippen LogP contribution in [0.5, 0.6) is 0 Å². The summed E-state index contributed by atoms with van der Waals surface area (Å²) in [5, 5.41) is 8.35. The fourth-order valence-corrected chi connectivity index (χ4v) is 7.40. The molecule has 1 fully saturated rings. The fraction of sp³-hybridized carbons (Fsp3) is 0.480. The zero-order valence-corrected chi connectivity index (χ0v) is 23.3. The van der Waals surface area contributed by atoms with Crippen LogP contribution in [0.15, 0.2) is 34.5 Å². The molecule has 0 spiro atoms. The Morgan fingerprint density at radius 3 is 2.53 bits per heavy atom. The Labute approximate surface area is 221 Å². The minimum Gasteiger partial charge on any atom is -0.362 e. The van der Waals surface area contributed by atoms with Crippen molar-refractivity contribution in [3.63, 3.8) is 0 Å². The van der Waals surface area contributed by atoms with Crippen molar-refractivity contribution in [3.05, 3.63) is 39.5 Å². The van der Waals surface area contributed by atoms with Crippen molar-refractivity contribution in [1.82, 2.24) is 15.3 Å². The summed E-state index contributed by atoms with van der Waals surface area (Å²) in [6.07, 6.45) is 3.81. The molecule has 0 aliphatic heterocycles. The van der Waals surface area contributed by atoms with Crippen molar-refractivity contribution in [2.45, 2.75) is 55.7 Å². The van der Waals surface area contributed by atoms with Gasteiger partial charge < -0.3 is 15.5 Å². The second-order valence-corrected chi connectivity index (χ2v) is 13.4. The first-order valence-corrected chi connectivity index (χ1v) is 14.9. The standard InChI is InChI=1S/C25H32ClN5O3S2/c1-15(2)36(33,34)20-14-35-22(21(20)26)24(32)27-13-16-9-11-17(12-10-16)28-25-29-19-8-6-5-7-18(19)23(30-25)31(3)4/h5-8,14-17H,9-13H2,1-4H3,(H,27,32)(H,28,29,30)/t16-,17+. The van der Waals surface area contributed by atoms with E-state index in [-0.39, 0.29) is 26.7 Å². The Hall–Kier alpha value is -2.43. The average Bonchev–Trinajstić information content (AvgIpc) is 3.24. The summed E-state index contributed by atoms with van der Waals surface area (Å²) in [5.74, 6) is 1.54. The van der Waals surface area contributed by atoms with Crippen LogP contribution < -0.4 is 15.5 Å². The molecule has 1 amide bonds. The van der Waals surface area contributed by atoms with Gasteiger partial charge in [0, 0.05) is 37.4 Å². The molecule has 2 N–H and O–H groups in total. The molecule has 1 aromatic carbocycles. The summed E-state index contributed by atoms with van der Waals surface area (Å²) < 4.78 is 24.9. The molecule has 0 unspecified atom stereocenters. The normalized spacial score (nSPS) is 18.4. The number of para-hydroxylation sites is 1. The minimum atomic E-state index is -3.53. The summed E-state index contributed by atoms with van der Waals surface area (Å²) in [6.45, 7) is 3.73. The zero-order chi connectivity index (χ0) is 26.0. The number of rotatable bonds is 8. The molecule has 4 rings (SSSR count). The Bertz CT molecular complexity index is 1350. The van der Waals surface area contributed by atoms with Gasteiger partial charge in [0.15, 0.2) is 9.84 Å². The second-order valence-electron chi connectivity index (χ2n) is 9.69. The maximum Gasteiger partial charge on any atom is 0.262 e. The first-order chi connectivity index (χ1) is 17.1. The number of benzene rings is 1. The van der Waals surface area contributed by atoms with Crippen LogP contribution >= 0.6 is 22.9 Å². The van der Waals surface area contributed by atoms with Gasteiger partial charge in [-0.2, -0.15) is 4.98 Å². The molecule has 0 radical (unpaired) electrons. The van der Waals surface area contributed by atoms with E-state index in [4.69, 9.17) is 21.6 Å². The average molecular weight is 550 g/mol. The van der Waals surface area contributed by atoms with Crippen LogP contribution in [0, 0.1) is 5.92 Å². The molecule has 2 heterocycles. The monoisotopic (exact) mass is 549 g/mol. The summed E-state index contributed by atoms with van der Waals surface area (Å²) in [5.41, 5.74) is 0.909. The summed E-state index contributed by atoms with van der Waals surface area (Å²) in [4.78, 5) is 24.4. The quantitative estimate of drug-likeness (QED) is 0.407. The first-order valence-electron chi connectivity index (χ1n) is 12.1. The molecule has 0 bridgehead atoms. The van der Waals surface area contributed by atoms with E-state index in [1.165, 1.54) is 5.38 Å². The molecule has 194 valence electrons. The lowest BCUT2D eigenvalue weighted by molar-refractivity contribution is 0.0947. The van der Waals surface area contributed by atoms with Crippen molar-refractivity contribution >= 4 is 61.4 Å². The van der Waals surface area contributed by atoms with E-state index in [2.05, 4.69) is 10.6 Å². The third-order valence-corrected chi connectivity index (χ3v) is 10.5. The zero-order valence-electron chi connectivity index (χ0n) is 20.9. The fourth-order valence-electron chi connectivity index (χ4n) is 4.40. The topological polar surface area (TPSA) is 104 Å². The molecular formula is C25H32ClN5O3S2. The third kappa shape index (κ3) is 5.60. The molecule has 2 aromatic heterocycles. The van der Waals surface area contributed by atoms with Gasteiger partial charge in [-0.3, -0.25) is 4.79 Å². The van der Waals surface area contributed by atoms with Gasteiger partial charge in [0.1, 0.15) is 10.7 Å². The number of halogens is 1. The lowest BCUT2D eigenvalue weighted by Crippen LogP contribution is -2.34. The first kappa shape index (κ1) is 26.6. The number of hydrogen-bond acceptors (Lipinski definition) is 8. The molecule has 8 nitrogen and oxygen atoms in total. The summed E-state index contributed by atoms with van der Waals surface area (Å²) in [7, 11) is 0.426. The predicted octanol–water partition coefficient (Wildman–Crippen LogP) is 4.99. The van der Waals surface area contributed by atoms with Gasteiger partial charge in [-0.25, -0.2) is 13.4 Å². The van der Waals surface area contributed by atoms with Crippen LogP contribution in [0.25, 0.3) is 10.9 Å². The number of nitrogens with zero attached hydrogens (tertiary/aromatic N) is 3. The van der Waals surface area contributed by atoms with Gasteiger partial charge in [-0.05, 0) is 57.6 Å². The van der Waals surface area contributed by atoms with Crippen LogP contribution in [0.3, 0.4) is 0 Å². The number of thiophene rings is 1. The van der Waals surface area contributed by atoms with Crippen molar-refractivity contribution in [2.24, 2.45) is 5.92 Å². The SMILES string of the molecule is CC(C)S(=O)(=O)c1csc(C(=O)NC[C@H]2CC[C@@H](Nc3nc(N(C)C)c4ccccc4n3)CC2)c1Cl. The predicted molar refractivity (Wildman–Crippen MR) is 147 cm³/mol. The second kappa shape index (κ2) is 10.9. The smallest absolute Gasteiger partial charge is 0.262 e. The van der Waals surface area contributed by atoms with Gasteiger partial charge >= 0.3 is 0 Å². The van der Waals surface area contributed by atoms with Crippen LogP contribution in [0.4, 0.5) is 11.8 Å². The molecular weight excluding hydrogens is 518 g/mol. The highest BCUT2D eigenvalue weighted by Gasteiger charge is 2.28. The largest absolute Gasteiger partial charge is 0.362 e. The maximum absolute atomic E-state index is 12.7. The molecule has 1 saturated carbocycles. The lowest BCUT2D eigenvalue weighted by Gasteiger charge is -2.29. The van der Waals surface area contributed by atoms with Crippen molar-refractivity contribution in [3.8, 4) is 0 Å². The van der Waals surface area contributed by atoms with Gasteiger partial charge in [0.2, 0.25) is 5.95 Å². The highest BCUT2D eigenvalue weighted by Crippen LogP contribution is 2.34. The van der Waals surface area contributed by atoms with E-state index in [1.807, 2.05) is 43.3 Å². The van der Waals surface area contributed by atoms with Crippen LogP contribution in [0.2, 0.25) is 5.02 Å². The van der Waals surface area contributed by atoms with E-state index in [9.17, 15) is 13.2 Å². The number of hydrogen-bond donors (Lipinski definition) is 2. The Morgan fingerprint density at radius 1 is 1.17 bits per heavy atom. The summed E-state index contributed by atoms with van der Waals surface area (Å²) >= 11 is 7.35. The molecule has 1 aliphatic carbocycles. The number of carbonyl (C=O) groups excluding carboxylic acids is 1. The maximum atomic E-state index is 12.7. The van der Waals surface area contributed by atoms with Crippen molar-refractivity contribution in [2.75, 3.05) is 30.9 Å². The number of aromatic nitrogens is 2. The van der Waals surface area contributed by atoms with E-state index in [0.29, 0.717) is 18.4 Å². The highest BCUT2D eigenvalue weighted by atomic mass is 35.5. The number of amides is 1. The molecule has 3 aromatic rings. The number of nitrogens with one attached hydrogen (secondary N) is 2. The number of carbonyl (C=O) groups is 1. The van der Waals surface area contributed by atoms with Gasteiger partial charge in [0.05, 0.1) is 20.7 Å².